The van der Waals surface area contributed by atoms with Gasteiger partial charge in [0.2, 0.25) is 0 Å². The van der Waals surface area contributed by atoms with Gasteiger partial charge in [0, 0.05) is 12.3 Å². The van der Waals surface area contributed by atoms with Gasteiger partial charge < -0.3 is 0 Å². The predicted octanol–water partition coefficient (Wildman–Crippen LogP) is 2.64. The van der Waals surface area contributed by atoms with Crippen LogP contribution in [0.5, 0.6) is 0 Å². The molecule has 1 nitrogen and oxygen atoms in total. The fourth-order valence-corrected chi connectivity index (χ4v) is 1.86. The number of rotatable bonds is 0. The van der Waals surface area contributed by atoms with Crippen LogP contribution in [0.15, 0.2) is 4.99 Å². The number of nitrogens with zero attached hydrogens (tertiary/aromatic N) is 1. The Morgan fingerprint density at radius 2 is 1.80 bits per heavy atom. The Bertz CT molecular complexity index is 129. The van der Waals surface area contributed by atoms with Crippen molar-refractivity contribution in [1.82, 2.24) is 0 Å². The summed E-state index contributed by atoms with van der Waals surface area (Å²) in [6.45, 7) is 1.12. The average Bonchev–Trinajstić information content (AvgIpc) is 2.21. The van der Waals surface area contributed by atoms with E-state index in [1.54, 1.807) is 0 Å². The molecule has 2 heteroatoms. The molecule has 2 bridgehead atoms. The van der Waals surface area contributed by atoms with Crippen LogP contribution in [-0.2, 0) is 0 Å². The van der Waals surface area contributed by atoms with Gasteiger partial charge in [-0.05, 0) is 38.0 Å². The van der Waals surface area contributed by atoms with Gasteiger partial charge in [-0.3, -0.25) is 4.99 Å². The van der Waals surface area contributed by atoms with E-state index >= 15 is 0 Å². The van der Waals surface area contributed by atoms with Gasteiger partial charge >= 0.3 is 0 Å². The summed E-state index contributed by atoms with van der Waals surface area (Å²) in [5, 5.41) is 0. The molecule has 0 atom stereocenters. The zero-order valence-electron chi connectivity index (χ0n) is 6.18. The summed E-state index contributed by atoms with van der Waals surface area (Å²) in [6.07, 6.45) is 6.84. The van der Waals surface area contributed by atoms with Crippen LogP contribution in [0.1, 0.15) is 32.1 Å². The molecule has 0 unspecified atom stereocenters. The van der Waals surface area contributed by atoms with Gasteiger partial charge in [0.05, 0.1) is 0 Å². The normalized spacial score (nSPS) is 25.0. The molecule has 3 aliphatic rings. The monoisotopic (exact) mass is 251 g/mol. The van der Waals surface area contributed by atoms with E-state index in [0.717, 1.165) is 12.5 Å². The van der Waals surface area contributed by atoms with E-state index < -0.39 is 0 Å². The number of aliphatic imine (C=N–C) groups is 1. The molecule has 1 aliphatic carbocycles. The Labute approximate surface area is 79.3 Å². The van der Waals surface area contributed by atoms with Crippen LogP contribution < -0.4 is 0 Å². The first kappa shape index (κ1) is 8.50. The zero-order chi connectivity index (χ0) is 6.10. The minimum Gasteiger partial charge on any atom is -0.294 e. The van der Waals surface area contributed by atoms with Crippen molar-refractivity contribution in [2.24, 2.45) is 10.9 Å². The van der Waals surface area contributed by atoms with Crippen molar-refractivity contribution in [3.8, 4) is 0 Å². The lowest BCUT2D eigenvalue weighted by Crippen LogP contribution is -2.09. The van der Waals surface area contributed by atoms with E-state index in [0.29, 0.717) is 0 Å². The Morgan fingerprint density at radius 1 is 1.10 bits per heavy atom. The number of hydrogen-bond donors (Lipinski definition) is 0. The number of fused-ring (bicyclic) bond motifs is 4. The summed E-state index contributed by atoms with van der Waals surface area (Å²) < 4.78 is 0. The van der Waals surface area contributed by atoms with Crippen molar-refractivity contribution >= 4 is 29.7 Å². The van der Waals surface area contributed by atoms with Crippen molar-refractivity contribution in [3.05, 3.63) is 0 Å². The lowest BCUT2D eigenvalue weighted by Gasteiger charge is -2.17. The third kappa shape index (κ3) is 1.71. The highest BCUT2D eigenvalue weighted by molar-refractivity contribution is 14.0. The van der Waals surface area contributed by atoms with E-state index in [1.165, 1.54) is 37.8 Å². The van der Waals surface area contributed by atoms with Crippen LogP contribution in [0.3, 0.4) is 0 Å². The van der Waals surface area contributed by atoms with E-state index in [2.05, 4.69) is 4.99 Å². The molecular weight excluding hydrogens is 237 g/mol. The van der Waals surface area contributed by atoms with Crippen LogP contribution in [0.25, 0.3) is 0 Å². The largest absolute Gasteiger partial charge is 0.294 e. The van der Waals surface area contributed by atoms with Gasteiger partial charge in [0.15, 0.2) is 0 Å². The Morgan fingerprint density at radius 3 is 2.50 bits per heavy atom. The Balaban J connectivity index is 0.000000500. The number of halogens is 1. The molecule has 3 rings (SSSR count). The van der Waals surface area contributed by atoms with Crippen molar-refractivity contribution in [3.63, 3.8) is 0 Å². The average molecular weight is 251 g/mol. The molecule has 0 aromatic carbocycles. The van der Waals surface area contributed by atoms with Crippen molar-refractivity contribution in [1.29, 1.82) is 0 Å². The molecule has 58 valence electrons. The van der Waals surface area contributed by atoms with E-state index in [1.807, 2.05) is 0 Å². The van der Waals surface area contributed by atoms with Gasteiger partial charge in [0.25, 0.3) is 0 Å². The maximum Gasteiger partial charge on any atom is 0.0391 e. The van der Waals surface area contributed by atoms with Crippen molar-refractivity contribution < 1.29 is 0 Å². The fourth-order valence-electron chi connectivity index (χ4n) is 1.86. The quantitative estimate of drug-likeness (QED) is 0.587. The van der Waals surface area contributed by atoms with Gasteiger partial charge in [-0.1, -0.05) is 0 Å². The Kier molecular flexibility index (Phi) is 3.14. The van der Waals surface area contributed by atoms with Crippen LogP contribution >= 0.6 is 24.0 Å². The summed E-state index contributed by atoms with van der Waals surface area (Å²) in [4.78, 5) is 4.50. The van der Waals surface area contributed by atoms with E-state index in [9.17, 15) is 0 Å². The van der Waals surface area contributed by atoms with Crippen LogP contribution in [0.4, 0.5) is 0 Å². The first-order valence-corrected chi connectivity index (χ1v) is 3.97. The molecule has 2 heterocycles. The van der Waals surface area contributed by atoms with E-state index in [-0.39, 0.29) is 24.0 Å². The minimum atomic E-state index is 0. The second-order valence-corrected chi connectivity index (χ2v) is 3.18. The van der Waals surface area contributed by atoms with Crippen molar-refractivity contribution in [2.75, 3.05) is 6.54 Å². The minimum absolute atomic E-state index is 0. The summed E-state index contributed by atoms with van der Waals surface area (Å²) in [6, 6.07) is 0. The third-order valence-corrected chi connectivity index (χ3v) is 2.56. The Hall–Kier alpha value is 0.400. The lowest BCUT2D eigenvalue weighted by atomic mass is 9.87. The molecule has 2 aliphatic heterocycles. The molecule has 0 radical (unpaired) electrons. The molecule has 0 spiro atoms. The van der Waals surface area contributed by atoms with Gasteiger partial charge in [-0.25, -0.2) is 0 Å². The molecule has 0 aromatic rings. The second kappa shape index (κ2) is 3.69. The SMILES string of the molecule is C1CC2CCC(=N1)CC2.I. The highest BCUT2D eigenvalue weighted by Gasteiger charge is 2.19. The molecule has 10 heavy (non-hydrogen) atoms. The topological polar surface area (TPSA) is 12.4 Å². The van der Waals surface area contributed by atoms with Gasteiger partial charge in [-0.15, -0.1) is 24.0 Å². The fraction of sp³-hybridized carbons (Fsp3) is 0.875. The van der Waals surface area contributed by atoms with Crippen LogP contribution in [0, 0.1) is 5.92 Å². The molecule has 1 fully saturated rings. The van der Waals surface area contributed by atoms with Gasteiger partial charge in [-0.2, -0.15) is 0 Å². The highest BCUT2D eigenvalue weighted by Crippen LogP contribution is 2.27. The first-order valence-electron chi connectivity index (χ1n) is 3.97. The molecule has 0 amide bonds. The smallest absolute Gasteiger partial charge is 0.0391 e. The second-order valence-electron chi connectivity index (χ2n) is 3.18. The van der Waals surface area contributed by atoms with Crippen LogP contribution in [-0.4, -0.2) is 12.3 Å². The summed E-state index contributed by atoms with van der Waals surface area (Å²) >= 11 is 0. The molecular formula is C8H14IN. The molecule has 1 saturated carbocycles. The predicted molar refractivity (Wildman–Crippen MR) is 54.3 cm³/mol. The lowest BCUT2D eigenvalue weighted by molar-refractivity contribution is 0.436. The molecule has 0 aromatic heterocycles. The maximum absolute atomic E-state index is 4.50. The molecule has 0 N–H and O–H groups in total. The highest BCUT2D eigenvalue weighted by atomic mass is 127. The first-order chi connectivity index (χ1) is 4.45. The van der Waals surface area contributed by atoms with E-state index in [4.69, 9.17) is 0 Å². The molecule has 0 saturated heterocycles. The van der Waals surface area contributed by atoms with Crippen molar-refractivity contribution in [2.45, 2.75) is 32.1 Å². The standard InChI is InChI=1S/C8H13N.HI/c1-3-8-4-2-7(1)5-6-9-8;/h7H,1-6H2;1H. The van der Waals surface area contributed by atoms with Crippen LogP contribution in [0.2, 0.25) is 0 Å². The third-order valence-electron chi connectivity index (χ3n) is 2.56. The summed E-state index contributed by atoms with van der Waals surface area (Å²) in [5.41, 5.74) is 1.50. The summed E-state index contributed by atoms with van der Waals surface area (Å²) in [5.74, 6) is 1.03. The number of hydrogen-bond acceptors (Lipinski definition) is 1. The zero-order valence-corrected chi connectivity index (χ0v) is 8.51. The van der Waals surface area contributed by atoms with Gasteiger partial charge in [0.1, 0.15) is 0 Å². The maximum atomic E-state index is 4.50. The summed E-state index contributed by atoms with van der Waals surface area (Å²) in [7, 11) is 0.